The van der Waals surface area contributed by atoms with E-state index in [0.29, 0.717) is 19.6 Å². The lowest BCUT2D eigenvalue weighted by atomic mass is 9.97. The smallest absolute Gasteiger partial charge is 0.226 e. The molecule has 2 heterocycles. The van der Waals surface area contributed by atoms with Crippen LogP contribution in [0.15, 0.2) is 36.5 Å². The van der Waals surface area contributed by atoms with E-state index in [1.807, 2.05) is 24.6 Å². The molecule has 27 heavy (non-hydrogen) atoms. The molecule has 6 nitrogen and oxygen atoms in total. The van der Waals surface area contributed by atoms with Crippen LogP contribution in [0.25, 0.3) is 0 Å². The molecule has 0 aliphatic carbocycles. The molecule has 2 aromatic rings. The van der Waals surface area contributed by atoms with Crippen molar-refractivity contribution in [1.29, 1.82) is 0 Å². The Labute approximate surface area is 158 Å². The summed E-state index contributed by atoms with van der Waals surface area (Å²) in [5.41, 5.74) is 0.915. The van der Waals surface area contributed by atoms with Gasteiger partial charge in [0.25, 0.3) is 0 Å². The van der Waals surface area contributed by atoms with E-state index in [-0.39, 0.29) is 35.8 Å². The molecule has 3 rings (SSSR count). The van der Waals surface area contributed by atoms with Crippen LogP contribution in [-0.4, -0.2) is 34.9 Å². The van der Waals surface area contributed by atoms with Gasteiger partial charge in [-0.05, 0) is 45.4 Å². The first-order chi connectivity index (χ1) is 13.0. The van der Waals surface area contributed by atoms with Gasteiger partial charge in [0.1, 0.15) is 12.2 Å². The lowest BCUT2D eigenvalue weighted by Crippen LogP contribution is -2.38. The molecule has 1 N–H and O–H groups in total. The third kappa shape index (κ3) is 4.47. The van der Waals surface area contributed by atoms with Crippen LogP contribution < -0.4 is 10.1 Å². The lowest BCUT2D eigenvalue weighted by Gasteiger charge is -2.22. The Balaban J connectivity index is 1.58. The van der Waals surface area contributed by atoms with Gasteiger partial charge in [-0.2, -0.15) is 5.10 Å². The molecule has 1 unspecified atom stereocenters. The number of aromatic nitrogens is 2. The number of carbonyl (C=O) groups is 1. The number of halogens is 1. The van der Waals surface area contributed by atoms with E-state index in [4.69, 9.17) is 9.47 Å². The Morgan fingerprint density at radius 1 is 1.37 bits per heavy atom. The van der Waals surface area contributed by atoms with Gasteiger partial charge in [0.05, 0.1) is 18.2 Å². The molecule has 0 spiro atoms. The van der Waals surface area contributed by atoms with Gasteiger partial charge in [0, 0.05) is 18.8 Å². The summed E-state index contributed by atoms with van der Waals surface area (Å²) in [6.07, 6.45) is 1.73. The second kappa shape index (κ2) is 8.52. The molecule has 1 aliphatic rings. The fourth-order valence-corrected chi connectivity index (χ4v) is 3.30. The maximum absolute atomic E-state index is 13.7. The minimum Gasteiger partial charge on any atom is -0.486 e. The first-order valence-corrected chi connectivity index (χ1v) is 9.31. The van der Waals surface area contributed by atoms with E-state index >= 15 is 0 Å². The van der Waals surface area contributed by atoms with Crippen LogP contribution in [0.4, 0.5) is 4.39 Å². The first-order valence-electron chi connectivity index (χ1n) is 9.31. The molecule has 1 amide bonds. The fourth-order valence-electron chi connectivity index (χ4n) is 3.30. The number of nitrogens with zero attached hydrogens (tertiary/aromatic N) is 2. The van der Waals surface area contributed by atoms with Gasteiger partial charge in [0.15, 0.2) is 11.6 Å². The molecule has 1 fully saturated rings. The zero-order valence-corrected chi connectivity index (χ0v) is 15.9. The van der Waals surface area contributed by atoms with Crippen LogP contribution >= 0.6 is 0 Å². The lowest BCUT2D eigenvalue weighted by molar-refractivity contribution is -0.127. The number of rotatable bonds is 7. The highest BCUT2D eigenvalue weighted by Crippen LogP contribution is 2.35. The van der Waals surface area contributed by atoms with Gasteiger partial charge in [0.2, 0.25) is 5.91 Å². The predicted octanol–water partition coefficient (Wildman–Crippen LogP) is 3.26. The van der Waals surface area contributed by atoms with E-state index in [1.54, 1.807) is 31.3 Å². The van der Waals surface area contributed by atoms with Crippen LogP contribution in [0.5, 0.6) is 5.75 Å². The fraction of sp³-hybridized carbons (Fsp3) is 0.500. The topological polar surface area (TPSA) is 65.4 Å². The molecule has 0 radical (unpaired) electrons. The van der Waals surface area contributed by atoms with E-state index in [2.05, 4.69) is 10.4 Å². The van der Waals surface area contributed by atoms with Crippen molar-refractivity contribution < 1.29 is 18.7 Å². The van der Waals surface area contributed by atoms with Gasteiger partial charge in [-0.15, -0.1) is 0 Å². The quantitative estimate of drug-likeness (QED) is 0.807. The average Bonchev–Trinajstić information content (AvgIpc) is 3.30. The number of ether oxygens (including phenoxy) is 2. The molecule has 1 aromatic carbocycles. The molecule has 146 valence electrons. The normalized spacial score (nSPS) is 20.6. The number of carbonyl (C=O) groups excluding carboxylic acids is 1. The van der Waals surface area contributed by atoms with Crippen molar-refractivity contribution in [2.45, 2.75) is 45.4 Å². The number of hydrogen-bond donors (Lipinski definition) is 1. The zero-order chi connectivity index (χ0) is 19.4. The molecule has 1 saturated heterocycles. The number of hydrogen-bond acceptors (Lipinski definition) is 4. The highest BCUT2D eigenvalue weighted by atomic mass is 19.1. The van der Waals surface area contributed by atoms with E-state index < -0.39 is 5.82 Å². The van der Waals surface area contributed by atoms with E-state index in [9.17, 15) is 9.18 Å². The third-order valence-corrected chi connectivity index (χ3v) is 4.64. The summed E-state index contributed by atoms with van der Waals surface area (Å²) < 4.78 is 27.0. The molecule has 7 heteroatoms. The van der Waals surface area contributed by atoms with Crippen molar-refractivity contribution in [2.75, 3.05) is 13.2 Å². The Morgan fingerprint density at radius 2 is 2.15 bits per heavy atom. The van der Waals surface area contributed by atoms with Crippen LogP contribution in [-0.2, 0) is 9.53 Å². The molecule has 1 aliphatic heterocycles. The molecular formula is C20H26FN3O3. The predicted molar refractivity (Wildman–Crippen MR) is 98.9 cm³/mol. The van der Waals surface area contributed by atoms with Crippen molar-refractivity contribution in [3.05, 3.63) is 48.0 Å². The van der Waals surface area contributed by atoms with Crippen molar-refractivity contribution in [3.63, 3.8) is 0 Å². The second-order valence-electron chi connectivity index (χ2n) is 7.08. The molecule has 3 atom stereocenters. The molecule has 0 saturated carbocycles. The molecule has 0 bridgehead atoms. The van der Waals surface area contributed by atoms with Gasteiger partial charge in [-0.3, -0.25) is 9.48 Å². The summed E-state index contributed by atoms with van der Waals surface area (Å²) in [6, 6.07) is 8.33. The average molecular weight is 375 g/mol. The number of benzene rings is 1. The third-order valence-electron chi connectivity index (χ3n) is 4.64. The summed E-state index contributed by atoms with van der Waals surface area (Å²) in [5.74, 6) is -0.595. The minimum atomic E-state index is -0.415. The minimum absolute atomic E-state index is 0.0852. The van der Waals surface area contributed by atoms with Crippen molar-refractivity contribution in [2.24, 2.45) is 5.92 Å². The first kappa shape index (κ1) is 19.4. The van der Waals surface area contributed by atoms with Crippen molar-refractivity contribution in [1.82, 2.24) is 15.1 Å². The van der Waals surface area contributed by atoms with Gasteiger partial charge in [-0.25, -0.2) is 4.39 Å². The van der Waals surface area contributed by atoms with Gasteiger partial charge >= 0.3 is 0 Å². The largest absolute Gasteiger partial charge is 0.486 e. The standard InChI is InChI=1S/C20H26FN3O3/c1-13(2)24-17(8-10-23-24)19-15(9-11-26-19)20(25)22-12-14(3)27-18-7-5-4-6-16(18)21/h4-8,10,13-15,19H,9,11-12H2,1-3H3,(H,22,25)/t14?,15-,19-/m0/s1. The molecular weight excluding hydrogens is 349 g/mol. The van der Waals surface area contributed by atoms with Crippen molar-refractivity contribution >= 4 is 5.91 Å². The highest BCUT2D eigenvalue weighted by molar-refractivity contribution is 5.79. The Bertz CT molecular complexity index is 777. The van der Waals surface area contributed by atoms with Gasteiger partial charge < -0.3 is 14.8 Å². The van der Waals surface area contributed by atoms with Crippen LogP contribution in [0.2, 0.25) is 0 Å². The highest BCUT2D eigenvalue weighted by Gasteiger charge is 2.37. The van der Waals surface area contributed by atoms with Crippen LogP contribution in [0.3, 0.4) is 0 Å². The summed E-state index contributed by atoms with van der Waals surface area (Å²) in [5, 5.41) is 7.24. The maximum Gasteiger partial charge on any atom is 0.226 e. The summed E-state index contributed by atoms with van der Waals surface area (Å²) >= 11 is 0. The van der Waals surface area contributed by atoms with Crippen LogP contribution in [0, 0.1) is 11.7 Å². The SMILES string of the molecule is CC(CNC(=O)[C@H]1CCO[C@@H]1c1ccnn1C(C)C)Oc1ccccc1F. The van der Waals surface area contributed by atoms with E-state index in [1.165, 1.54) is 6.07 Å². The monoisotopic (exact) mass is 375 g/mol. The Morgan fingerprint density at radius 3 is 2.89 bits per heavy atom. The summed E-state index contributed by atoms with van der Waals surface area (Å²) in [6.45, 7) is 6.71. The van der Waals surface area contributed by atoms with E-state index in [0.717, 1.165) is 5.69 Å². The van der Waals surface area contributed by atoms with Crippen molar-refractivity contribution in [3.8, 4) is 5.75 Å². The molecule has 1 aromatic heterocycles. The Hall–Kier alpha value is -2.41. The van der Waals surface area contributed by atoms with Gasteiger partial charge in [-0.1, -0.05) is 12.1 Å². The number of nitrogens with one attached hydrogen (secondary N) is 1. The number of amides is 1. The summed E-state index contributed by atoms with van der Waals surface area (Å²) in [7, 11) is 0. The maximum atomic E-state index is 13.7. The Kier molecular flexibility index (Phi) is 6.11. The number of para-hydroxylation sites is 1. The second-order valence-corrected chi connectivity index (χ2v) is 7.08. The summed E-state index contributed by atoms with van der Waals surface area (Å²) in [4.78, 5) is 12.7. The zero-order valence-electron chi connectivity index (χ0n) is 15.9. The van der Waals surface area contributed by atoms with Crippen LogP contribution in [0.1, 0.15) is 45.0 Å².